The molecule has 1 heterocycles. The summed E-state index contributed by atoms with van der Waals surface area (Å²) in [6.07, 6.45) is -2.68. The number of hydrogen-bond acceptors (Lipinski definition) is 2. The summed E-state index contributed by atoms with van der Waals surface area (Å²) in [6, 6.07) is 0.0347. The first-order valence-electron chi connectivity index (χ1n) is 8.83. The van der Waals surface area contributed by atoms with E-state index in [0.29, 0.717) is 31.9 Å². The number of aromatic nitrogens is 2. The summed E-state index contributed by atoms with van der Waals surface area (Å²) in [5.74, 6) is -0.508. The van der Waals surface area contributed by atoms with Crippen LogP contribution >= 0.6 is 0 Å². The highest BCUT2D eigenvalue weighted by molar-refractivity contribution is 5.80. The number of guanidine groups is 1. The van der Waals surface area contributed by atoms with Crippen molar-refractivity contribution in [2.24, 2.45) is 18.0 Å². The van der Waals surface area contributed by atoms with Gasteiger partial charge in [0.1, 0.15) is 0 Å². The first kappa shape index (κ1) is 19.6. The maximum absolute atomic E-state index is 12.8. The second-order valence-corrected chi connectivity index (χ2v) is 6.70. The Kier molecular flexibility index (Phi) is 6.35. The van der Waals surface area contributed by atoms with Crippen molar-refractivity contribution < 1.29 is 13.2 Å². The average Bonchev–Trinajstić information content (AvgIpc) is 2.78. The maximum atomic E-state index is 12.8. The first-order chi connectivity index (χ1) is 11.7. The summed E-state index contributed by atoms with van der Waals surface area (Å²) in [4.78, 5) is 4.60. The van der Waals surface area contributed by atoms with Gasteiger partial charge in [-0.25, -0.2) is 4.99 Å². The number of alkyl halides is 3. The molecule has 5 nitrogen and oxygen atoms in total. The Bertz CT molecular complexity index is 598. The van der Waals surface area contributed by atoms with E-state index in [0.717, 1.165) is 17.0 Å². The molecule has 1 aromatic rings. The van der Waals surface area contributed by atoms with Crippen molar-refractivity contribution in [3.63, 3.8) is 0 Å². The molecule has 2 rings (SSSR count). The second kappa shape index (κ2) is 8.10. The van der Waals surface area contributed by atoms with Crippen LogP contribution in [0.25, 0.3) is 0 Å². The smallest absolute Gasteiger partial charge is 0.357 e. The molecule has 1 saturated carbocycles. The van der Waals surface area contributed by atoms with Crippen molar-refractivity contribution in [1.29, 1.82) is 0 Å². The predicted octanol–water partition coefficient (Wildman–Crippen LogP) is 3.21. The van der Waals surface area contributed by atoms with Crippen molar-refractivity contribution >= 4 is 5.96 Å². The van der Waals surface area contributed by atoms with Gasteiger partial charge in [0.05, 0.1) is 18.2 Å². The maximum Gasteiger partial charge on any atom is 0.391 e. The average molecular weight is 359 g/mol. The van der Waals surface area contributed by atoms with Crippen LogP contribution in [-0.4, -0.2) is 34.5 Å². The van der Waals surface area contributed by atoms with Gasteiger partial charge < -0.3 is 10.6 Å². The van der Waals surface area contributed by atoms with Gasteiger partial charge in [0.25, 0.3) is 0 Å². The van der Waals surface area contributed by atoms with E-state index in [2.05, 4.69) is 20.7 Å². The summed E-state index contributed by atoms with van der Waals surface area (Å²) in [7, 11) is 1.90. The van der Waals surface area contributed by atoms with Crippen LogP contribution in [0.4, 0.5) is 13.2 Å². The third kappa shape index (κ3) is 5.12. The molecule has 1 fully saturated rings. The van der Waals surface area contributed by atoms with Gasteiger partial charge in [-0.3, -0.25) is 4.68 Å². The lowest BCUT2D eigenvalue weighted by Crippen LogP contribution is -2.45. The lowest BCUT2D eigenvalue weighted by molar-refractivity contribution is -0.182. The van der Waals surface area contributed by atoms with E-state index in [-0.39, 0.29) is 18.9 Å². The Hall–Kier alpha value is -1.73. The van der Waals surface area contributed by atoms with Crippen molar-refractivity contribution in [1.82, 2.24) is 20.4 Å². The quantitative estimate of drug-likeness (QED) is 0.641. The first-order valence-corrected chi connectivity index (χ1v) is 8.83. The molecule has 25 heavy (non-hydrogen) atoms. The molecule has 2 N–H and O–H groups in total. The van der Waals surface area contributed by atoms with Crippen LogP contribution in [0.15, 0.2) is 4.99 Å². The Morgan fingerprint density at radius 3 is 2.36 bits per heavy atom. The molecule has 0 saturated heterocycles. The monoisotopic (exact) mass is 359 g/mol. The summed E-state index contributed by atoms with van der Waals surface area (Å²) < 4.78 is 40.2. The number of aliphatic imine (C=N–C) groups is 1. The SMILES string of the molecule is CCNC(=NCc1c(C)nn(C)c1C)NC1CCC(C(F)(F)F)CC1. The van der Waals surface area contributed by atoms with Gasteiger partial charge in [0.2, 0.25) is 0 Å². The van der Waals surface area contributed by atoms with E-state index in [9.17, 15) is 13.2 Å². The van der Waals surface area contributed by atoms with Crippen LogP contribution in [0.3, 0.4) is 0 Å². The Morgan fingerprint density at radius 1 is 1.24 bits per heavy atom. The van der Waals surface area contributed by atoms with Crippen molar-refractivity contribution in [3.8, 4) is 0 Å². The van der Waals surface area contributed by atoms with Crippen molar-refractivity contribution in [3.05, 3.63) is 17.0 Å². The van der Waals surface area contributed by atoms with Crippen molar-refractivity contribution in [2.75, 3.05) is 6.54 Å². The zero-order valence-electron chi connectivity index (χ0n) is 15.4. The largest absolute Gasteiger partial charge is 0.391 e. The second-order valence-electron chi connectivity index (χ2n) is 6.70. The normalized spacial score (nSPS) is 22.1. The Labute approximate surface area is 147 Å². The lowest BCUT2D eigenvalue weighted by Gasteiger charge is -2.31. The fourth-order valence-corrected chi connectivity index (χ4v) is 3.28. The Morgan fingerprint density at radius 2 is 1.88 bits per heavy atom. The number of halogens is 3. The van der Waals surface area contributed by atoms with Gasteiger partial charge >= 0.3 is 6.18 Å². The van der Waals surface area contributed by atoms with E-state index in [1.807, 2.05) is 32.5 Å². The number of hydrogen-bond donors (Lipinski definition) is 2. The molecule has 0 atom stereocenters. The van der Waals surface area contributed by atoms with E-state index in [1.165, 1.54) is 0 Å². The summed E-state index contributed by atoms with van der Waals surface area (Å²) in [6.45, 7) is 7.13. The molecule has 1 aromatic heterocycles. The summed E-state index contributed by atoms with van der Waals surface area (Å²) in [5, 5.41) is 10.8. The molecule has 8 heteroatoms. The molecule has 0 aliphatic heterocycles. The molecular weight excluding hydrogens is 331 g/mol. The van der Waals surface area contributed by atoms with Gasteiger partial charge in [0.15, 0.2) is 5.96 Å². The minimum Gasteiger partial charge on any atom is -0.357 e. The van der Waals surface area contributed by atoms with E-state index >= 15 is 0 Å². The molecule has 0 spiro atoms. The van der Waals surface area contributed by atoms with Gasteiger partial charge in [-0.2, -0.15) is 18.3 Å². The van der Waals surface area contributed by atoms with E-state index in [4.69, 9.17) is 0 Å². The molecule has 142 valence electrons. The lowest BCUT2D eigenvalue weighted by atomic mass is 9.85. The van der Waals surface area contributed by atoms with E-state index in [1.54, 1.807) is 0 Å². The minimum atomic E-state index is -4.07. The number of nitrogens with one attached hydrogen (secondary N) is 2. The van der Waals surface area contributed by atoms with Crippen molar-refractivity contribution in [2.45, 2.75) is 65.2 Å². The van der Waals surface area contributed by atoms with Gasteiger partial charge in [-0.05, 0) is 46.5 Å². The van der Waals surface area contributed by atoms with Gasteiger partial charge in [-0.1, -0.05) is 0 Å². The third-order valence-corrected chi connectivity index (χ3v) is 4.93. The van der Waals surface area contributed by atoms with Crippen LogP contribution in [0, 0.1) is 19.8 Å². The van der Waals surface area contributed by atoms with E-state index < -0.39 is 12.1 Å². The molecular formula is C17H28F3N5. The standard InChI is InChI=1S/C17H28F3N5/c1-5-21-16(22-10-15-11(2)24-25(4)12(15)3)23-14-8-6-13(7-9-14)17(18,19)20/h13-14H,5-10H2,1-4H3,(H2,21,22,23). The fourth-order valence-electron chi connectivity index (χ4n) is 3.28. The Balaban J connectivity index is 1.97. The predicted molar refractivity (Wildman–Crippen MR) is 92.4 cm³/mol. The van der Waals surface area contributed by atoms with Crippen LogP contribution in [0.5, 0.6) is 0 Å². The molecule has 0 unspecified atom stereocenters. The summed E-state index contributed by atoms with van der Waals surface area (Å²) in [5.41, 5.74) is 3.11. The molecule has 0 amide bonds. The molecule has 0 radical (unpaired) electrons. The highest BCUT2D eigenvalue weighted by Gasteiger charge is 2.41. The molecule has 1 aliphatic rings. The minimum absolute atomic E-state index is 0.0347. The highest BCUT2D eigenvalue weighted by Crippen LogP contribution is 2.37. The topological polar surface area (TPSA) is 54.2 Å². The third-order valence-electron chi connectivity index (χ3n) is 4.93. The molecule has 0 aromatic carbocycles. The van der Waals surface area contributed by atoms with Crippen LogP contribution in [0.2, 0.25) is 0 Å². The van der Waals surface area contributed by atoms with Crippen LogP contribution in [0.1, 0.15) is 49.6 Å². The zero-order chi connectivity index (χ0) is 18.6. The van der Waals surface area contributed by atoms with Gasteiger partial charge in [0, 0.05) is 30.9 Å². The molecule has 1 aliphatic carbocycles. The number of nitrogens with zero attached hydrogens (tertiary/aromatic N) is 3. The molecule has 0 bridgehead atoms. The number of rotatable bonds is 4. The fraction of sp³-hybridized carbons (Fsp3) is 0.765. The van der Waals surface area contributed by atoms with Crippen LogP contribution in [-0.2, 0) is 13.6 Å². The zero-order valence-corrected chi connectivity index (χ0v) is 15.4. The number of aryl methyl sites for hydroxylation is 2. The van der Waals surface area contributed by atoms with Crippen LogP contribution < -0.4 is 10.6 Å². The highest BCUT2D eigenvalue weighted by atomic mass is 19.4. The van der Waals surface area contributed by atoms with Gasteiger partial charge in [-0.15, -0.1) is 0 Å². The summed E-state index contributed by atoms with van der Waals surface area (Å²) >= 11 is 0.